The minimum atomic E-state index is -4.36. The summed E-state index contributed by atoms with van der Waals surface area (Å²) in [6.07, 6.45) is -4.36. The summed E-state index contributed by atoms with van der Waals surface area (Å²) in [6.45, 7) is 0. The Labute approximate surface area is 223 Å². The van der Waals surface area contributed by atoms with E-state index < -0.39 is 11.7 Å². The third-order valence-electron chi connectivity index (χ3n) is 6.51. The predicted octanol–water partition coefficient (Wildman–Crippen LogP) is 10.7. The van der Waals surface area contributed by atoms with Crippen molar-refractivity contribution in [3.63, 3.8) is 0 Å². The highest BCUT2D eigenvalue weighted by Gasteiger charge is 2.30. The van der Waals surface area contributed by atoms with E-state index in [1.807, 2.05) is 54.6 Å². The van der Waals surface area contributed by atoms with E-state index in [1.165, 1.54) is 0 Å². The maximum Gasteiger partial charge on any atom is 0.416 e. The molecule has 0 unspecified atom stereocenters. The molecule has 0 radical (unpaired) electrons. The fourth-order valence-electron chi connectivity index (χ4n) is 4.72. The highest BCUT2D eigenvalue weighted by Crippen LogP contribution is 2.46. The highest BCUT2D eigenvalue weighted by atomic mass is 32.1. The Kier molecular flexibility index (Phi) is 6.22. The van der Waals surface area contributed by atoms with Crippen LogP contribution in [0.25, 0.3) is 31.7 Å². The Morgan fingerprint density at radius 1 is 0.500 bits per heavy atom. The molecule has 0 fully saturated rings. The molecule has 0 aliphatic rings. The average molecular weight is 522 g/mol. The molecule has 5 aromatic carbocycles. The van der Waals surface area contributed by atoms with Gasteiger partial charge in [0.1, 0.15) is 0 Å². The Morgan fingerprint density at radius 3 is 1.58 bits per heavy atom. The fourth-order valence-corrected chi connectivity index (χ4v) is 5.95. The van der Waals surface area contributed by atoms with Gasteiger partial charge in [-0.3, -0.25) is 0 Å². The summed E-state index contributed by atoms with van der Waals surface area (Å²) in [5, 5.41) is 1.03. The first kappa shape index (κ1) is 24.0. The molecule has 0 bridgehead atoms. The SMILES string of the molecule is FC(F)(F)c1ccc(-c2c(-c3ccc(N(c4ccccc4)c4ccccc4)cc3)sc3ccccc23)cc1. The third-order valence-corrected chi connectivity index (χ3v) is 7.73. The lowest BCUT2D eigenvalue weighted by Crippen LogP contribution is -2.09. The molecule has 186 valence electrons. The molecule has 38 heavy (non-hydrogen) atoms. The standard InChI is InChI=1S/C33H22F3NS/c34-33(35,36)25-19-15-23(16-20-25)31-29-13-7-8-14-30(29)38-32(31)24-17-21-28(22-18-24)37(26-9-3-1-4-10-26)27-11-5-2-6-12-27/h1-22H. The molecule has 1 nitrogen and oxygen atoms in total. The van der Waals surface area contributed by atoms with Gasteiger partial charge >= 0.3 is 6.18 Å². The van der Waals surface area contributed by atoms with Crippen LogP contribution in [0.5, 0.6) is 0 Å². The van der Waals surface area contributed by atoms with Crippen molar-refractivity contribution < 1.29 is 13.2 Å². The summed E-state index contributed by atoms with van der Waals surface area (Å²) >= 11 is 1.65. The Morgan fingerprint density at radius 2 is 1.00 bits per heavy atom. The minimum absolute atomic E-state index is 0.645. The van der Waals surface area contributed by atoms with Gasteiger partial charge in [-0.2, -0.15) is 13.2 Å². The van der Waals surface area contributed by atoms with E-state index in [9.17, 15) is 13.2 Å². The van der Waals surface area contributed by atoms with Gasteiger partial charge in [-0.05, 0) is 65.7 Å². The Bertz CT molecular complexity index is 1630. The van der Waals surface area contributed by atoms with Crippen molar-refractivity contribution in [1.29, 1.82) is 0 Å². The maximum absolute atomic E-state index is 13.2. The number of para-hydroxylation sites is 2. The monoisotopic (exact) mass is 521 g/mol. The van der Waals surface area contributed by atoms with Gasteiger partial charge in [0, 0.05) is 37.6 Å². The molecule has 0 atom stereocenters. The summed E-state index contributed by atoms with van der Waals surface area (Å²) in [6, 6.07) is 42.3. The zero-order valence-corrected chi connectivity index (χ0v) is 21.0. The van der Waals surface area contributed by atoms with Crippen LogP contribution >= 0.6 is 11.3 Å². The Balaban J connectivity index is 1.45. The second-order valence-corrected chi connectivity index (χ2v) is 9.98. The zero-order chi connectivity index (χ0) is 26.1. The molecule has 0 saturated carbocycles. The number of fused-ring (bicyclic) bond motifs is 1. The van der Waals surface area contributed by atoms with Crippen LogP contribution in [0.1, 0.15) is 5.56 Å². The number of alkyl halides is 3. The van der Waals surface area contributed by atoms with Gasteiger partial charge in [-0.25, -0.2) is 0 Å². The molecule has 1 heterocycles. The van der Waals surface area contributed by atoms with Crippen molar-refractivity contribution in [2.75, 3.05) is 4.90 Å². The van der Waals surface area contributed by atoms with Gasteiger partial charge in [-0.1, -0.05) is 78.9 Å². The minimum Gasteiger partial charge on any atom is -0.311 e. The van der Waals surface area contributed by atoms with E-state index in [-0.39, 0.29) is 0 Å². The third kappa shape index (κ3) is 4.57. The number of hydrogen-bond acceptors (Lipinski definition) is 2. The topological polar surface area (TPSA) is 3.24 Å². The first-order valence-electron chi connectivity index (χ1n) is 12.2. The Hall–Kier alpha value is -4.35. The number of halogens is 3. The van der Waals surface area contributed by atoms with E-state index in [4.69, 9.17) is 0 Å². The molecule has 0 N–H and O–H groups in total. The summed E-state index contributed by atoms with van der Waals surface area (Å²) in [5.74, 6) is 0. The quantitative estimate of drug-likeness (QED) is 0.218. The largest absolute Gasteiger partial charge is 0.416 e. The van der Waals surface area contributed by atoms with Crippen LogP contribution in [0, 0.1) is 0 Å². The lowest BCUT2D eigenvalue weighted by molar-refractivity contribution is -0.137. The van der Waals surface area contributed by atoms with Crippen molar-refractivity contribution in [2.45, 2.75) is 6.18 Å². The van der Waals surface area contributed by atoms with Crippen LogP contribution in [-0.2, 0) is 6.18 Å². The lowest BCUT2D eigenvalue weighted by atomic mass is 9.97. The van der Waals surface area contributed by atoms with E-state index in [2.05, 4.69) is 59.5 Å². The van der Waals surface area contributed by atoms with Gasteiger partial charge in [0.05, 0.1) is 5.56 Å². The van der Waals surface area contributed by atoms with Crippen molar-refractivity contribution in [3.8, 4) is 21.6 Å². The molecular formula is C33H22F3NS. The number of rotatable bonds is 5. The number of hydrogen-bond donors (Lipinski definition) is 0. The van der Waals surface area contributed by atoms with Crippen molar-refractivity contribution in [3.05, 3.63) is 139 Å². The first-order chi connectivity index (χ1) is 18.5. The van der Waals surface area contributed by atoms with Gasteiger partial charge in [0.2, 0.25) is 0 Å². The maximum atomic E-state index is 13.2. The van der Waals surface area contributed by atoms with E-state index >= 15 is 0 Å². The van der Waals surface area contributed by atoms with Gasteiger partial charge in [-0.15, -0.1) is 11.3 Å². The smallest absolute Gasteiger partial charge is 0.311 e. The molecular weight excluding hydrogens is 499 g/mol. The van der Waals surface area contributed by atoms with Crippen LogP contribution in [-0.4, -0.2) is 0 Å². The highest BCUT2D eigenvalue weighted by molar-refractivity contribution is 7.23. The van der Waals surface area contributed by atoms with E-state index in [0.29, 0.717) is 0 Å². The molecule has 0 saturated heterocycles. The van der Waals surface area contributed by atoms with Gasteiger partial charge < -0.3 is 4.90 Å². The summed E-state index contributed by atoms with van der Waals surface area (Å²) in [4.78, 5) is 3.23. The van der Waals surface area contributed by atoms with Crippen LogP contribution in [0.2, 0.25) is 0 Å². The molecule has 6 aromatic rings. The molecule has 0 spiro atoms. The van der Waals surface area contributed by atoms with E-state index in [0.717, 1.165) is 60.8 Å². The summed E-state index contributed by atoms with van der Waals surface area (Å²) in [7, 11) is 0. The van der Waals surface area contributed by atoms with Gasteiger partial charge in [0.15, 0.2) is 0 Å². The number of anilines is 3. The summed E-state index contributed by atoms with van der Waals surface area (Å²) in [5.41, 5.74) is 5.22. The summed E-state index contributed by atoms with van der Waals surface area (Å²) < 4.78 is 40.7. The predicted molar refractivity (Wildman–Crippen MR) is 152 cm³/mol. The second-order valence-electron chi connectivity index (χ2n) is 8.93. The number of benzene rings is 5. The second kappa shape index (κ2) is 9.84. The van der Waals surface area contributed by atoms with Crippen molar-refractivity contribution in [2.24, 2.45) is 0 Å². The average Bonchev–Trinajstić information content (AvgIpc) is 3.34. The van der Waals surface area contributed by atoms with Crippen LogP contribution in [0.15, 0.2) is 133 Å². The molecule has 5 heteroatoms. The number of nitrogens with zero attached hydrogens (tertiary/aromatic N) is 1. The van der Waals surface area contributed by atoms with Crippen molar-refractivity contribution >= 4 is 38.5 Å². The normalized spacial score (nSPS) is 11.6. The number of thiophene rings is 1. The van der Waals surface area contributed by atoms with Crippen LogP contribution in [0.3, 0.4) is 0 Å². The zero-order valence-electron chi connectivity index (χ0n) is 20.2. The van der Waals surface area contributed by atoms with E-state index in [1.54, 1.807) is 23.5 Å². The van der Waals surface area contributed by atoms with Gasteiger partial charge in [0.25, 0.3) is 0 Å². The first-order valence-corrected chi connectivity index (χ1v) is 13.0. The molecule has 0 amide bonds. The molecule has 1 aromatic heterocycles. The van der Waals surface area contributed by atoms with Crippen molar-refractivity contribution in [1.82, 2.24) is 0 Å². The lowest BCUT2D eigenvalue weighted by Gasteiger charge is -2.25. The molecule has 0 aliphatic carbocycles. The molecule has 0 aliphatic heterocycles. The fraction of sp³-hybridized carbons (Fsp3) is 0.0303. The molecule has 6 rings (SSSR count). The van der Waals surface area contributed by atoms with Crippen LogP contribution in [0.4, 0.5) is 30.2 Å². The van der Waals surface area contributed by atoms with Crippen LogP contribution < -0.4 is 4.90 Å².